The molecule has 1 rings (SSSR count). The van der Waals surface area contributed by atoms with Crippen molar-refractivity contribution in [3.05, 3.63) is 0 Å². The van der Waals surface area contributed by atoms with Gasteiger partial charge >= 0.3 is 12.0 Å². The van der Waals surface area contributed by atoms with Crippen molar-refractivity contribution in [1.29, 1.82) is 0 Å². The van der Waals surface area contributed by atoms with Crippen LogP contribution in [0.15, 0.2) is 0 Å². The highest BCUT2D eigenvalue weighted by atomic mass is 32.2. The number of rotatable bonds is 8. The molecular formula is C15H28N2O3S. The molecule has 1 aliphatic rings. The molecule has 0 aromatic rings. The molecule has 0 aromatic carbocycles. The Bertz CT molecular complexity index is 331. The van der Waals surface area contributed by atoms with Crippen LogP contribution in [0.5, 0.6) is 0 Å². The first-order chi connectivity index (χ1) is 10.1. The molecule has 1 fully saturated rings. The highest BCUT2D eigenvalue weighted by Crippen LogP contribution is 2.27. The van der Waals surface area contributed by atoms with Crippen LogP contribution in [0.2, 0.25) is 0 Å². The second-order valence-electron chi connectivity index (χ2n) is 5.80. The maximum Gasteiger partial charge on any atom is 0.326 e. The number of carbonyl (C=O) groups excluding carboxylic acids is 1. The van der Waals surface area contributed by atoms with Crippen LogP contribution in [-0.4, -0.2) is 41.2 Å². The van der Waals surface area contributed by atoms with Crippen molar-refractivity contribution in [3.63, 3.8) is 0 Å². The average Bonchev–Trinajstić information content (AvgIpc) is 2.45. The van der Waals surface area contributed by atoms with Crippen LogP contribution < -0.4 is 10.6 Å². The van der Waals surface area contributed by atoms with Crippen molar-refractivity contribution >= 4 is 23.8 Å². The zero-order chi connectivity index (χ0) is 15.7. The molecule has 0 heterocycles. The van der Waals surface area contributed by atoms with E-state index in [-0.39, 0.29) is 12.1 Å². The molecule has 6 heteroatoms. The number of hydrogen-bond donors (Lipinski definition) is 3. The maximum atomic E-state index is 11.9. The fourth-order valence-corrected chi connectivity index (χ4v) is 3.35. The third kappa shape index (κ3) is 7.07. The summed E-state index contributed by atoms with van der Waals surface area (Å²) in [7, 11) is 0. The Hall–Kier alpha value is -0.910. The lowest BCUT2D eigenvalue weighted by molar-refractivity contribution is -0.139. The van der Waals surface area contributed by atoms with Crippen LogP contribution in [-0.2, 0) is 4.79 Å². The molecule has 1 saturated carbocycles. The summed E-state index contributed by atoms with van der Waals surface area (Å²) in [6.45, 7) is 2.21. The van der Waals surface area contributed by atoms with E-state index in [1.54, 1.807) is 11.8 Å². The predicted octanol–water partition coefficient (Wildman–Crippen LogP) is 2.85. The van der Waals surface area contributed by atoms with Gasteiger partial charge in [0.25, 0.3) is 0 Å². The highest BCUT2D eigenvalue weighted by Gasteiger charge is 2.24. The van der Waals surface area contributed by atoms with E-state index in [1.807, 2.05) is 6.26 Å². The normalized spacial score (nSPS) is 23.3. The summed E-state index contributed by atoms with van der Waals surface area (Å²) in [5.74, 6) is 0.551. The van der Waals surface area contributed by atoms with Gasteiger partial charge in [0.15, 0.2) is 0 Å². The first-order valence-electron chi connectivity index (χ1n) is 7.85. The third-order valence-electron chi connectivity index (χ3n) is 4.09. The van der Waals surface area contributed by atoms with Gasteiger partial charge in [0.05, 0.1) is 0 Å². The van der Waals surface area contributed by atoms with Gasteiger partial charge in [-0.2, -0.15) is 11.8 Å². The topological polar surface area (TPSA) is 78.4 Å². The number of aliphatic carboxylic acids is 1. The molecule has 1 aliphatic carbocycles. The zero-order valence-corrected chi connectivity index (χ0v) is 13.9. The van der Waals surface area contributed by atoms with Crippen LogP contribution in [0, 0.1) is 5.92 Å². The highest BCUT2D eigenvalue weighted by molar-refractivity contribution is 7.98. The summed E-state index contributed by atoms with van der Waals surface area (Å²) in [6, 6.07) is -0.954. The summed E-state index contributed by atoms with van der Waals surface area (Å²) in [4.78, 5) is 23.0. The van der Waals surface area contributed by atoms with E-state index < -0.39 is 12.0 Å². The minimum atomic E-state index is -0.967. The van der Waals surface area contributed by atoms with E-state index in [2.05, 4.69) is 17.6 Å². The van der Waals surface area contributed by atoms with Crippen LogP contribution in [0.4, 0.5) is 4.79 Å². The summed E-state index contributed by atoms with van der Waals surface area (Å²) < 4.78 is 0. The molecule has 0 radical (unpaired) electrons. The molecule has 122 valence electrons. The van der Waals surface area contributed by atoms with Crippen LogP contribution >= 0.6 is 11.8 Å². The van der Waals surface area contributed by atoms with Crippen molar-refractivity contribution in [3.8, 4) is 0 Å². The minimum Gasteiger partial charge on any atom is -0.480 e. The second kappa shape index (κ2) is 9.92. The van der Waals surface area contributed by atoms with Crippen molar-refractivity contribution in [2.75, 3.05) is 12.0 Å². The van der Waals surface area contributed by atoms with Gasteiger partial charge in [0, 0.05) is 6.04 Å². The molecule has 0 aliphatic heterocycles. The molecule has 0 aromatic heterocycles. The van der Waals surface area contributed by atoms with Gasteiger partial charge in [-0.25, -0.2) is 9.59 Å². The molecule has 0 spiro atoms. The lowest BCUT2D eigenvalue weighted by Crippen LogP contribution is -2.49. The number of hydrogen-bond acceptors (Lipinski definition) is 3. The fourth-order valence-electron chi connectivity index (χ4n) is 2.88. The molecule has 5 nitrogen and oxygen atoms in total. The standard InChI is InChI=1S/C15H28N2O3S/c1-3-4-11-5-7-12(8-6-11)16-15(20)17-13(14(18)19)9-10-21-2/h11-13H,3-10H2,1-2H3,(H,18,19)(H2,16,17,20)/t11?,12?,13-/m0/s1. The number of thioether (sulfide) groups is 1. The smallest absolute Gasteiger partial charge is 0.326 e. The molecule has 1 atom stereocenters. The van der Waals surface area contributed by atoms with Gasteiger partial charge in [-0.3, -0.25) is 0 Å². The number of urea groups is 1. The van der Waals surface area contributed by atoms with E-state index in [0.717, 1.165) is 37.4 Å². The first-order valence-corrected chi connectivity index (χ1v) is 9.25. The van der Waals surface area contributed by atoms with E-state index in [0.29, 0.717) is 6.42 Å². The molecule has 0 unspecified atom stereocenters. The number of amides is 2. The van der Waals surface area contributed by atoms with Crippen molar-refractivity contribution in [1.82, 2.24) is 10.6 Å². The summed E-state index contributed by atoms with van der Waals surface area (Å²) in [5.41, 5.74) is 0. The Labute approximate surface area is 131 Å². The molecular weight excluding hydrogens is 288 g/mol. The third-order valence-corrected chi connectivity index (χ3v) is 4.74. The Morgan fingerprint density at radius 1 is 1.29 bits per heavy atom. The minimum absolute atomic E-state index is 0.188. The van der Waals surface area contributed by atoms with Crippen LogP contribution in [0.1, 0.15) is 51.9 Å². The van der Waals surface area contributed by atoms with Crippen molar-refractivity contribution in [2.45, 2.75) is 64.0 Å². The molecule has 2 amide bonds. The lowest BCUT2D eigenvalue weighted by atomic mass is 9.83. The first kappa shape index (κ1) is 18.1. The van der Waals surface area contributed by atoms with E-state index in [9.17, 15) is 9.59 Å². The Morgan fingerprint density at radius 3 is 2.48 bits per heavy atom. The van der Waals surface area contributed by atoms with Crippen LogP contribution in [0.25, 0.3) is 0 Å². The largest absolute Gasteiger partial charge is 0.480 e. The Kier molecular flexibility index (Phi) is 8.57. The Balaban J connectivity index is 2.31. The van der Waals surface area contributed by atoms with Gasteiger partial charge in [-0.1, -0.05) is 19.8 Å². The Morgan fingerprint density at radius 2 is 1.95 bits per heavy atom. The summed E-state index contributed by atoms with van der Waals surface area (Å²) in [6.07, 6.45) is 9.19. The molecule has 0 saturated heterocycles. The lowest BCUT2D eigenvalue weighted by Gasteiger charge is -2.29. The van der Waals surface area contributed by atoms with Gasteiger partial charge in [0.1, 0.15) is 6.04 Å². The summed E-state index contributed by atoms with van der Waals surface area (Å²) in [5, 5.41) is 14.6. The second-order valence-corrected chi connectivity index (χ2v) is 6.78. The molecule has 21 heavy (non-hydrogen) atoms. The van der Waals surface area contributed by atoms with Crippen LogP contribution in [0.3, 0.4) is 0 Å². The number of carbonyl (C=O) groups is 2. The van der Waals surface area contributed by atoms with Gasteiger partial charge in [0.2, 0.25) is 0 Å². The van der Waals surface area contributed by atoms with E-state index >= 15 is 0 Å². The van der Waals surface area contributed by atoms with Crippen molar-refractivity contribution < 1.29 is 14.7 Å². The SMILES string of the molecule is CCCC1CCC(NC(=O)N[C@@H](CCSC)C(=O)O)CC1. The number of carboxylic acid groups (broad SMARTS) is 1. The molecule has 0 bridgehead atoms. The van der Waals surface area contributed by atoms with Crippen molar-refractivity contribution in [2.24, 2.45) is 5.92 Å². The van der Waals surface area contributed by atoms with E-state index in [1.165, 1.54) is 12.8 Å². The van der Waals surface area contributed by atoms with Gasteiger partial charge < -0.3 is 15.7 Å². The number of nitrogens with one attached hydrogen (secondary N) is 2. The maximum absolute atomic E-state index is 11.9. The monoisotopic (exact) mass is 316 g/mol. The summed E-state index contributed by atoms with van der Waals surface area (Å²) >= 11 is 1.58. The van der Waals surface area contributed by atoms with E-state index in [4.69, 9.17) is 5.11 Å². The zero-order valence-electron chi connectivity index (χ0n) is 13.1. The average molecular weight is 316 g/mol. The van der Waals surface area contributed by atoms with Gasteiger partial charge in [-0.05, 0) is 50.0 Å². The quantitative estimate of drug-likeness (QED) is 0.643. The number of carboxylic acids is 1. The molecule has 3 N–H and O–H groups in total. The van der Waals surface area contributed by atoms with Gasteiger partial charge in [-0.15, -0.1) is 0 Å². The predicted molar refractivity (Wildman–Crippen MR) is 86.7 cm³/mol. The fraction of sp³-hybridized carbons (Fsp3) is 0.867.